The van der Waals surface area contributed by atoms with E-state index in [4.69, 9.17) is 5.73 Å². The molecule has 1 saturated heterocycles. The average Bonchev–Trinajstić information content (AvgIpc) is 3.23. The molecule has 3 N–H and O–H groups in total. The highest BCUT2D eigenvalue weighted by Crippen LogP contribution is 2.28. The maximum Gasteiger partial charge on any atom is 0.150 e. The molecule has 0 amide bonds. The minimum absolute atomic E-state index is 0.181. The first-order chi connectivity index (χ1) is 15.5. The first-order valence-corrected chi connectivity index (χ1v) is 11.4. The van der Waals surface area contributed by atoms with Gasteiger partial charge >= 0.3 is 0 Å². The Bertz CT molecular complexity index is 1270. The molecule has 5 nitrogen and oxygen atoms in total. The van der Waals surface area contributed by atoms with E-state index >= 15 is 0 Å². The summed E-state index contributed by atoms with van der Waals surface area (Å²) in [5.41, 5.74) is 12.9. The molecule has 0 aliphatic carbocycles. The van der Waals surface area contributed by atoms with E-state index in [2.05, 4.69) is 77.2 Å². The minimum Gasteiger partial charge on any atom is -0.392 e. The Morgan fingerprint density at radius 1 is 1.06 bits per heavy atom. The fourth-order valence-corrected chi connectivity index (χ4v) is 4.78. The molecule has 1 aliphatic heterocycles. The van der Waals surface area contributed by atoms with Gasteiger partial charge in [0.15, 0.2) is 5.82 Å². The fraction of sp³-hybridized carbons (Fsp3) is 0.333. The Kier molecular flexibility index (Phi) is 5.53. The number of β-amino-alcohol motifs (C(OH)–C–C–N with tert-alkyl or cyclic N) is 1. The highest BCUT2D eigenvalue weighted by Gasteiger charge is 2.25. The van der Waals surface area contributed by atoms with Gasteiger partial charge in [0.25, 0.3) is 0 Å². The van der Waals surface area contributed by atoms with Crippen molar-refractivity contribution >= 4 is 27.6 Å². The molecule has 1 fully saturated rings. The number of likely N-dealkylation sites (tertiary alicyclic amines) is 1. The highest BCUT2D eigenvalue weighted by atomic mass is 16.3. The molecule has 32 heavy (non-hydrogen) atoms. The van der Waals surface area contributed by atoms with Gasteiger partial charge in [0.2, 0.25) is 0 Å². The molecule has 5 rings (SSSR count). The Hall–Kier alpha value is -3.02. The van der Waals surface area contributed by atoms with Crippen LogP contribution < -0.4 is 5.73 Å². The van der Waals surface area contributed by atoms with Gasteiger partial charge in [-0.2, -0.15) is 0 Å². The second-order valence-corrected chi connectivity index (χ2v) is 9.11. The molecule has 5 heteroatoms. The van der Waals surface area contributed by atoms with Crippen molar-refractivity contribution in [2.75, 3.05) is 18.8 Å². The second-order valence-electron chi connectivity index (χ2n) is 9.11. The van der Waals surface area contributed by atoms with Crippen molar-refractivity contribution in [3.63, 3.8) is 0 Å². The summed E-state index contributed by atoms with van der Waals surface area (Å²) in [4.78, 5) is 11.5. The standard InChI is InChI=1S/C27H30N4O/c1-17-3-10-23-24-14-20(15-29-26(24)27(28)30-25(23)13-17)5-4-19-6-8-21(9-7-19)18(2)31-12-11-22(32)16-31/h3,6-10,13-15,18,22,32H,4-5,11-12,16H2,1-2H3,(H2,28,30). The Labute approximate surface area is 188 Å². The summed E-state index contributed by atoms with van der Waals surface area (Å²) in [6.45, 7) is 6.02. The SMILES string of the molecule is Cc1ccc2c(c1)nc(N)c1ncc(CCc3ccc(C(C)N4CCC(O)C4)cc3)cc12. The summed E-state index contributed by atoms with van der Waals surface area (Å²) in [6, 6.07) is 17.8. The van der Waals surface area contributed by atoms with Crippen LogP contribution in [0.5, 0.6) is 0 Å². The molecule has 2 atom stereocenters. The van der Waals surface area contributed by atoms with Gasteiger partial charge in [0.1, 0.15) is 5.52 Å². The van der Waals surface area contributed by atoms with Crippen LogP contribution in [0.2, 0.25) is 0 Å². The first kappa shape index (κ1) is 20.9. The summed E-state index contributed by atoms with van der Waals surface area (Å²) in [7, 11) is 0. The normalized spacial score (nSPS) is 17.9. The minimum atomic E-state index is -0.181. The largest absolute Gasteiger partial charge is 0.392 e. The van der Waals surface area contributed by atoms with Crippen LogP contribution in [0.15, 0.2) is 54.7 Å². The third kappa shape index (κ3) is 4.06. The van der Waals surface area contributed by atoms with Crippen molar-refractivity contribution in [2.45, 2.75) is 45.3 Å². The molecular weight excluding hydrogens is 396 g/mol. The lowest BCUT2D eigenvalue weighted by Gasteiger charge is -2.24. The van der Waals surface area contributed by atoms with Crippen molar-refractivity contribution < 1.29 is 5.11 Å². The van der Waals surface area contributed by atoms with E-state index in [1.165, 1.54) is 22.3 Å². The Morgan fingerprint density at radius 2 is 1.84 bits per heavy atom. The molecule has 3 heterocycles. The number of aryl methyl sites for hydroxylation is 3. The van der Waals surface area contributed by atoms with Crippen molar-refractivity contribution in [1.29, 1.82) is 0 Å². The smallest absolute Gasteiger partial charge is 0.150 e. The summed E-state index contributed by atoms with van der Waals surface area (Å²) in [5.74, 6) is 0.486. The third-order valence-electron chi connectivity index (χ3n) is 6.78. The maximum absolute atomic E-state index is 9.81. The first-order valence-electron chi connectivity index (χ1n) is 11.4. The number of anilines is 1. The summed E-state index contributed by atoms with van der Waals surface area (Å²) < 4.78 is 0. The van der Waals surface area contributed by atoms with Crippen LogP contribution in [0.4, 0.5) is 5.82 Å². The van der Waals surface area contributed by atoms with Gasteiger partial charge in [0, 0.05) is 36.1 Å². The van der Waals surface area contributed by atoms with Gasteiger partial charge in [-0.15, -0.1) is 0 Å². The van der Waals surface area contributed by atoms with Crippen LogP contribution in [-0.4, -0.2) is 39.2 Å². The van der Waals surface area contributed by atoms with Crippen LogP contribution >= 0.6 is 0 Å². The van der Waals surface area contributed by atoms with E-state index in [-0.39, 0.29) is 6.10 Å². The third-order valence-corrected chi connectivity index (χ3v) is 6.78. The lowest BCUT2D eigenvalue weighted by molar-refractivity contribution is 0.163. The van der Waals surface area contributed by atoms with E-state index in [1.807, 2.05) is 6.20 Å². The predicted molar refractivity (Wildman–Crippen MR) is 131 cm³/mol. The van der Waals surface area contributed by atoms with Crippen molar-refractivity contribution in [2.24, 2.45) is 0 Å². The highest BCUT2D eigenvalue weighted by molar-refractivity contribution is 6.08. The number of fused-ring (bicyclic) bond motifs is 3. The fourth-order valence-electron chi connectivity index (χ4n) is 4.78. The molecule has 164 valence electrons. The van der Waals surface area contributed by atoms with Gasteiger partial charge in [-0.25, -0.2) is 4.98 Å². The maximum atomic E-state index is 9.81. The molecule has 0 spiro atoms. The number of nitrogens with two attached hydrogens (primary N) is 1. The number of nitrogen functional groups attached to an aromatic ring is 1. The van der Waals surface area contributed by atoms with Gasteiger partial charge in [-0.05, 0) is 67.5 Å². The van der Waals surface area contributed by atoms with E-state index in [1.54, 1.807) is 0 Å². The number of aliphatic hydroxyl groups excluding tert-OH is 1. The Morgan fingerprint density at radius 3 is 2.59 bits per heavy atom. The lowest BCUT2D eigenvalue weighted by atomic mass is 10.00. The number of rotatable bonds is 5. The zero-order valence-corrected chi connectivity index (χ0v) is 18.8. The summed E-state index contributed by atoms with van der Waals surface area (Å²) in [6.07, 6.45) is 4.50. The van der Waals surface area contributed by atoms with Gasteiger partial charge in [-0.3, -0.25) is 9.88 Å². The molecule has 2 aromatic heterocycles. The number of nitrogens with zero attached hydrogens (tertiary/aromatic N) is 3. The van der Waals surface area contributed by atoms with Crippen LogP contribution in [0.25, 0.3) is 21.8 Å². The molecule has 2 unspecified atom stereocenters. The van der Waals surface area contributed by atoms with Gasteiger partial charge in [0.05, 0.1) is 11.6 Å². The molecule has 0 bridgehead atoms. The molecule has 2 aromatic carbocycles. The van der Waals surface area contributed by atoms with Gasteiger partial charge in [-0.1, -0.05) is 36.4 Å². The number of aliphatic hydroxyl groups is 1. The zero-order valence-electron chi connectivity index (χ0n) is 18.8. The van der Waals surface area contributed by atoms with Gasteiger partial charge < -0.3 is 10.8 Å². The quantitative estimate of drug-likeness (QED) is 0.457. The molecule has 0 radical (unpaired) electrons. The van der Waals surface area contributed by atoms with E-state index in [9.17, 15) is 5.11 Å². The number of hydrogen-bond donors (Lipinski definition) is 2. The van der Waals surface area contributed by atoms with Crippen LogP contribution in [0.1, 0.15) is 41.6 Å². The Balaban J connectivity index is 1.33. The topological polar surface area (TPSA) is 75.3 Å². The van der Waals surface area contributed by atoms with E-state index in [0.29, 0.717) is 11.9 Å². The van der Waals surface area contributed by atoms with E-state index < -0.39 is 0 Å². The average molecular weight is 427 g/mol. The molecule has 4 aromatic rings. The zero-order chi connectivity index (χ0) is 22.2. The second kappa shape index (κ2) is 8.49. The number of benzene rings is 2. The van der Waals surface area contributed by atoms with Crippen molar-refractivity contribution in [3.8, 4) is 0 Å². The number of pyridine rings is 2. The molecule has 1 aliphatic rings. The monoisotopic (exact) mass is 426 g/mol. The number of aromatic nitrogens is 2. The van der Waals surface area contributed by atoms with Crippen molar-refractivity contribution in [1.82, 2.24) is 14.9 Å². The summed E-state index contributed by atoms with van der Waals surface area (Å²) >= 11 is 0. The molecular formula is C27H30N4O. The van der Waals surface area contributed by atoms with Crippen LogP contribution in [0.3, 0.4) is 0 Å². The lowest BCUT2D eigenvalue weighted by Crippen LogP contribution is -2.25. The van der Waals surface area contributed by atoms with E-state index in [0.717, 1.165) is 54.2 Å². The molecule has 0 saturated carbocycles. The van der Waals surface area contributed by atoms with Crippen molar-refractivity contribution in [3.05, 3.63) is 77.0 Å². The van der Waals surface area contributed by atoms with Crippen LogP contribution in [-0.2, 0) is 12.8 Å². The number of hydrogen-bond acceptors (Lipinski definition) is 5. The van der Waals surface area contributed by atoms with Crippen LogP contribution in [0, 0.1) is 6.92 Å². The predicted octanol–water partition coefficient (Wildman–Crippen LogP) is 4.59. The summed E-state index contributed by atoms with van der Waals surface area (Å²) in [5, 5.41) is 12.0.